The van der Waals surface area contributed by atoms with Crippen LogP contribution in [0.1, 0.15) is 15.9 Å². The van der Waals surface area contributed by atoms with Gasteiger partial charge in [-0.2, -0.15) is 0 Å². The molecule has 6 nitrogen and oxygen atoms in total. The van der Waals surface area contributed by atoms with E-state index in [1.54, 1.807) is 37.4 Å². The molecular formula is C16H13ClFN5O. The number of amides is 1. The molecule has 3 aromatic rings. The van der Waals surface area contributed by atoms with Crippen LogP contribution >= 0.6 is 11.6 Å². The Hall–Kier alpha value is -2.80. The Labute approximate surface area is 142 Å². The summed E-state index contributed by atoms with van der Waals surface area (Å²) in [5.74, 6) is -0.700. The fourth-order valence-electron chi connectivity index (χ4n) is 2.27. The van der Waals surface area contributed by atoms with Crippen molar-refractivity contribution in [2.75, 3.05) is 7.05 Å². The number of carbonyl (C=O) groups is 1. The molecule has 0 saturated carbocycles. The maximum absolute atomic E-state index is 13.9. The molecule has 0 unspecified atom stereocenters. The summed E-state index contributed by atoms with van der Waals surface area (Å²) in [6.45, 7) is 0.0689. The monoisotopic (exact) mass is 345 g/mol. The molecule has 8 heteroatoms. The van der Waals surface area contributed by atoms with E-state index < -0.39 is 5.82 Å². The number of halogens is 2. The van der Waals surface area contributed by atoms with Crippen molar-refractivity contribution in [3.05, 3.63) is 70.8 Å². The molecule has 0 N–H and O–H groups in total. The number of hydrogen-bond acceptors (Lipinski definition) is 4. The van der Waals surface area contributed by atoms with Crippen molar-refractivity contribution in [2.45, 2.75) is 6.54 Å². The maximum atomic E-state index is 13.9. The first-order chi connectivity index (χ1) is 11.6. The van der Waals surface area contributed by atoms with Crippen molar-refractivity contribution >= 4 is 17.5 Å². The predicted molar refractivity (Wildman–Crippen MR) is 86.4 cm³/mol. The van der Waals surface area contributed by atoms with Crippen LogP contribution in [0.4, 0.5) is 4.39 Å². The van der Waals surface area contributed by atoms with Gasteiger partial charge in [0, 0.05) is 29.7 Å². The number of rotatable bonds is 4. The van der Waals surface area contributed by atoms with Gasteiger partial charge in [0.25, 0.3) is 5.91 Å². The third kappa shape index (κ3) is 3.26. The lowest BCUT2D eigenvalue weighted by atomic mass is 10.1. The standard InChI is InChI=1S/C16H13ClFN5O/c1-22(9-13-14(17)6-3-7-15(13)18)16(24)11-4-2-5-12(8-11)23-10-19-20-21-23/h2-8,10H,9H2,1H3. The van der Waals surface area contributed by atoms with Crippen LogP contribution < -0.4 is 0 Å². The molecule has 24 heavy (non-hydrogen) atoms. The summed E-state index contributed by atoms with van der Waals surface area (Å²) < 4.78 is 15.3. The summed E-state index contributed by atoms with van der Waals surface area (Å²) in [5.41, 5.74) is 1.38. The van der Waals surface area contributed by atoms with Gasteiger partial charge in [-0.15, -0.1) is 5.10 Å². The molecule has 0 fully saturated rings. The Morgan fingerprint density at radius 2 is 2.08 bits per heavy atom. The minimum atomic E-state index is -0.440. The molecular weight excluding hydrogens is 333 g/mol. The summed E-state index contributed by atoms with van der Waals surface area (Å²) in [6, 6.07) is 11.3. The van der Waals surface area contributed by atoms with Crippen LogP contribution in [0.2, 0.25) is 5.02 Å². The number of nitrogens with zero attached hydrogens (tertiary/aromatic N) is 5. The normalized spacial score (nSPS) is 10.6. The average Bonchev–Trinajstić information content (AvgIpc) is 3.12. The fourth-order valence-corrected chi connectivity index (χ4v) is 2.50. The first-order valence-corrected chi connectivity index (χ1v) is 7.46. The predicted octanol–water partition coefficient (Wildman–Crippen LogP) is 2.73. The molecule has 0 aliphatic rings. The van der Waals surface area contributed by atoms with Gasteiger partial charge in [0.2, 0.25) is 0 Å². The second-order valence-electron chi connectivity index (χ2n) is 5.17. The lowest BCUT2D eigenvalue weighted by molar-refractivity contribution is 0.0784. The smallest absolute Gasteiger partial charge is 0.253 e. The Balaban J connectivity index is 1.82. The highest BCUT2D eigenvalue weighted by molar-refractivity contribution is 6.31. The van der Waals surface area contributed by atoms with E-state index in [1.165, 1.54) is 28.0 Å². The third-order valence-corrected chi connectivity index (χ3v) is 3.86. The van der Waals surface area contributed by atoms with Crippen LogP contribution in [0.25, 0.3) is 5.69 Å². The third-order valence-electron chi connectivity index (χ3n) is 3.51. The SMILES string of the molecule is CN(Cc1c(F)cccc1Cl)C(=O)c1cccc(-n2cnnn2)c1. The molecule has 2 aromatic carbocycles. The zero-order valence-electron chi connectivity index (χ0n) is 12.7. The average molecular weight is 346 g/mol. The molecule has 0 atom stereocenters. The van der Waals surface area contributed by atoms with E-state index in [0.717, 1.165) is 0 Å². The zero-order chi connectivity index (χ0) is 17.1. The molecule has 0 radical (unpaired) electrons. The highest BCUT2D eigenvalue weighted by Crippen LogP contribution is 2.21. The van der Waals surface area contributed by atoms with Crippen LogP contribution in [0.5, 0.6) is 0 Å². The Morgan fingerprint density at radius 1 is 1.29 bits per heavy atom. The van der Waals surface area contributed by atoms with E-state index in [9.17, 15) is 9.18 Å². The lowest BCUT2D eigenvalue weighted by Gasteiger charge is -2.19. The summed E-state index contributed by atoms with van der Waals surface area (Å²) in [6.07, 6.45) is 1.44. The first-order valence-electron chi connectivity index (χ1n) is 7.08. The summed E-state index contributed by atoms with van der Waals surface area (Å²) in [7, 11) is 1.59. The second-order valence-corrected chi connectivity index (χ2v) is 5.57. The van der Waals surface area contributed by atoms with E-state index >= 15 is 0 Å². The fraction of sp³-hybridized carbons (Fsp3) is 0.125. The van der Waals surface area contributed by atoms with Gasteiger partial charge in [-0.25, -0.2) is 9.07 Å². The lowest BCUT2D eigenvalue weighted by Crippen LogP contribution is -2.27. The summed E-state index contributed by atoms with van der Waals surface area (Å²) >= 11 is 6.01. The summed E-state index contributed by atoms with van der Waals surface area (Å²) in [5, 5.41) is 11.2. The number of carbonyl (C=O) groups excluding carboxylic acids is 1. The van der Waals surface area contributed by atoms with Crippen LogP contribution in [-0.2, 0) is 6.54 Å². The van der Waals surface area contributed by atoms with Gasteiger partial charge in [-0.3, -0.25) is 4.79 Å². The van der Waals surface area contributed by atoms with E-state index in [1.807, 2.05) is 0 Å². The molecule has 3 rings (SSSR count). The van der Waals surface area contributed by atoms with Crippen molar-refractivity contribution in [2.24, 2.45) is 0 Å². The summed E-state index contributed by atoms with van der Waals surface area (Å²) in [4.78, 5) is 14.0. The molecule has 1 heterocycles. The minimum Gasteiger partial charge on any atom is -0.337 e. The second kappa shape index (κ2) is 6.76. The van der Waals surface area contributed by atoms with Crippen LogP contribution in [0, 0.1) is 5.82 Å². The van der Waals surface area contributed by atoms with Crippen molar-refractivity contribution < 1.29 is 9.18 Å². The molecule has 1 aromatic heterocycles. The number of tetrazole rings is 1. The molecule has 0 spiro atoms. The topological polar surface area (TPSA) is 63.9 Å². The molecule has 0 saturated heterocycles. The van der Waals surface area contributed by atoms with Crippen molar-refractivity contribution in [1.82, 2.24) is 25.1 Å². The van der Waals surface area contributed by atoms with Crippen molar-refractivity contribution in [3.8, 4) is 5.69 Å². The van der Waals surface area contributed by atoms with E-state index in [2.05, 4.69) is 15.5 Å². The van der Waals surface area contributed by atoms with Gasteiger partial charge in [0.15, 0.2) is 0 Å². The Kier molecular flexibility index (Phi) is 4.52. The zero-order valence-corrected chi connectivity index (χ0v) is 13.5. The Morgan fingerprint density at radius 3 is 2.79 bits per heavy atom. The highest BCUT2D eigenvalue weighted by atomic mass is 35.5. The van der Waals surface area contributed by atoms with E-state index in [-0.39, 0.29) is 23.0 Å². The minimum absolute atomic E-state index is 0.0689. The Bertz CT molecular complexity index is 848. The molecule has 0 aliphatic carbocycles. The van der Waals surface area contributed by atoms with E-state index in [0.29, 0.717) is 11.3 Å². The number of benzene rings is 2. The quantitative estimate of drug-likeness (QED) is 0.729. The van der Waals surface area contributed by atoms with E-state index in [4.69, 9.17) is 11.6 Å². The van der Waals surface area contributed by atoms with Crippen molar-refractivity contribution in [1.29, 1.82) is 0 Å². The van der Waals surface area contributed by atoms with Crippen molar-refractivity contribution in [3.63, 3.8) is 0 Å². The molecule has 0 aliphatic heterocycles. The van der Waals surface area contributed by atoms with Gasteiger partial charge in [0.05, 0.1) is 5.69 Å². The molecule has 1 amide bonds. The molecule has 122 valence electrons. The van der Waals surface area contributed by atoms with Gasteiger partial charge in [-0.1, -0.05) is 23.7 Å². The van der Waals surface area contributed by atoms with Crippen LogP contribution in [-0.4, -0.2) is 38.1 Å². The first kappa shape index (κ1) is 16.1. The number of hydrogen-bond donors (Lipinski definition) is 0. The van der Waals surface area contributed by atoms with Crippen LogP contribution in [0.3, 0.4) is 0 Å². The highest BCUT2D eigenvalue weighted by Gasteiger charge is 2.16. The van der Waals surface area contributed by atoms with Crippen LogP contribution in [0.15, 0.2) is 48.8 Å². The van der Waals surface area contributed by atoms with Gasteiger partial charge in [-0.05, 0) is 40.8 Å². The maximum Gasteiger partial charge on any atom is 0.253 e. The molecule has 0 bridgehead atoms. The number of aromatic nitrogens is 4. The largest absolute Gasteiger partial charge is 0.337 e. The van der Waals surface area contributed by atoms with Gasteiger partial charge in [0.1, 0.15) is 12.1 Å². The van der Waals surface area contributed by atoms with Gasteiger partial charge >= 0.3 is 0 Å². The van der Waals surface area contributed by atoms with Gasteiger partial charge < -0.3 is 4.90 Å².